The van der Waals surface area contributed by atoms with E-state index in [0.29, 0.717) is 5.75 Å². The van der Waals surface area contributed by atoms with Gasteiger partial charge in [0.05, 0.1) is 22.7 Å². The molecule has 6 heteroatoms. The second-order valence-electron chi connectivity index (χ2n) is 4.53. The van der Waals surface area contributed by atoms with Gasteiger partial charge in [0, 0.05) is 4.47 Å². The zero-order valence-corrected chi connectivity index (χ0v) is 12.4. The molecule has 0 spiro atoms. The summed E-state index contributed by atoms with van der Waals surface area (Å²) in [6.45, 7) is 0.290. The summed E-state index contributed by atoms with van der Waals surface area (Å²) >= 11 is 3.42. The maximum absolute atomic E-state index is 11.0. The van der Waals surface area contributed by atoms with Crippen molar-refractivity contribution in [2.45, 2.75) is 6.61 Å². The van der Waals surface area contributed by atoms with Crippen LogP contribution in [-0.4, -0.2) is 21.3 Å². The highest BCUT2D eigenvalue weighted by atomic mass is 79.9. The number of hydrogen-bond donors (Lipinski definition) is 2. The van der Waals surface area contributed by atoms with Crippen LogP contribution < -0.4 is 4.74 Å². The number of halogens is 1. The molecule has 0 aliphatic rings. The third kappa shape index (κ3) is 2.90. The number of nitrogens with zero attached hydrogens (tertiary/aromatic N) is 1. The molecule has 1 aromatic heterocycles. The molecular weight excluding hydrogens is 336 g/mol. The van der Waals surface area contributed by atoms with E-state index in [4.69, 9.17) is 9.84 Å². The van der Waals surface area contributed by atoms with E-state index in [1.54, 1.807) is 24.4 Å². The van der Waals surface area contributed by atoms with Crippen LogP contribution in [0.1, 0.15) is 15.9 Å². The summed E-state index contributed by atoms with van der Waals surface area (Å²) < 4.78 is 6.68. The minimum atomic E-state index is -0.948. The minimum Gasteiger partial charge on any atom is -0.488 e. The molecule has 0 saturated heterocycles. The number of carboxylic acids is 1. The van der Waals surface area contributed by atoms with E-state index in [0.717, 1.165) is 20.9 Å². The van der Waals surface area contributed by atoms with E-state index in [-0.39, 0.29) is 12.2 Å². The Balaban J connectivity index is 1.85. The zero-order valence-electron chi connectivity index (χ0n) is 10.8. The normalized spacial score (nSPS) is 10.7. The van der Waals surface area contributed by atoms with Gasteiger partial charge in [0.2, 0.25) is 0 Å². The van der Waals surface area contributed by atoms with E-state index < -0.39 is 5.97 Å². The number of hydrogen-bond acceptors (Lipinski definition) is 3. The van der Waals surface area contributed by atoms with E-state index in [1.807, 2.05) is 18.2 Å². The summed E-state index contributed by atoms with van der Waals surface area (Å²) in [5, 5.41) is 16.7. The molecule has 0 fully saturated rings. The van der Waals surface area contributed by atoms with Gasteiger partial charge in [-0.05, 0) is 29.8 Å². The highest BCUT2D eigenvalue weighted by Gasteiger charge is 2.08. The molecule has 0 amide bonds. The number of carboxylic acid groups (broad SMARTS) is 1. The topological polar surface area (TPSA) is 75.2 Å². The average Bonchev–Trinajstić information content (AvgIpc) is 2.93. The Labute approximate surface area is 128 Å². The van der Waals surface area contributed by atoms with Crippen LogP contribution >= 0.6 is 15.9 Å². The number of aromatic carboxylic acids is 1. The van der Waals surface area contributed by atoms with E-state index in [1.165, 1.54) is 0 Å². The van der Waals surface area contributed by atoms with Gasteiger partial charge in [0.25, 0.3) is 0 Å². The Morgan fingerprint density at radius 1 is 1.33 bits per heavy atom. The van der Waals surface area contributed by atoms with Gasteiger partial charge in [-0.2, -0.15) is 5.10 Å². The standard InChI is InChI=1S/C15H11BrN2O3/c16-11-5-13-12(7-17-18-13)14(6-11)21-8-9-2-1-3-10(4-9)15(19)20/h1-7H,8H2,(H,17,18)(H,19,20). The van der Waals surface area contributed by atoms with Gasteiger partial charge in [0.15, 0.2) is 0 Å². The molecule has 0 bridgehead atoms. The first-order valence-corrected chi connectivity index (χ1v) is 7.00. The lowest BCUT2D eigenvalue weighted by Gasteiger charge is -2.08. The molecule has 0 aliphatic heterocycles. The van der Waals surface area contributed by atoms with Crippen molar-refractivity contribution in [2.24, 2.45) is 0 Å². The number of aromatic nitrogens is 2. The zero-order chi connectivity index (χ0) is 14.8. The monoisotopic (exact) mass is 346 g/mol. The van der Waals surface area contributed by atoms with E-state index in [9.17, 15) is 4.79 Å². The molecule has 21 heavy (non-hydrogen) atoms. The van der Waals surface area contributed by atoms with E-state index in [2.05, 4.69) is 26.1 Å². The maximum atomic E-state index is 11.0. The fourth-order valence-electron chi connectivity index (χ4n) is 2.06. The molecule has 0 unspecified atom stereocenters. The Morgan fingerprint density at radius 3 is 3.00 bits per heavy atom. The number of fused-ring (bicyclic) bond motifs is 1. The minimum absolute atomic E-state index is 0.249. The number of ether oxygens (including phenoxy) is 1. The molecule has 0 radical (unpaired) electrons. The van der Waals surface area contributed by atoms with E-state index >= 15 is 0 Å². The largest absolute Gasteiger partial charge is 0.488 e. The molecular formula is C15H11BrN2O3. The number of rotatable bonds is 4. The van der Waals surface area contributed by atoms with Gasteiger partial charge in [-0.15, -0.1) is 0 Å². The quantitative estimate of drug-likeness (QED) is 0.756. The Kier molecular flexibility index (Phi) is 3.62. The first kappa shape index (κ1) is 13.6. The van der Waals surface area contributed by atoms with Gasteiger partial charge in [-0.25, -0.2) is 4.79 Å². The second kappa shape index (κ2) is 5.57. The predicted molar refractivity (Wildman–Crippen MR) is 81.5 cm³/mol. The van der Waals surface area contributed by atoms with Gasteiger partial charge in [-0.1, -0.05) is 28.1 Å². The van der Waals surface area contributed by atoms with Crippen LogP contribution in [0.5, 0.6) is 5.75 Å². The SMILES string of the molecule is O=C(O)c1cccc(COc2cc(Br)cc3[nH]ncc23)c1. The molecule has 0 aliphatic carbocycles. The highest BCUT2D eigenvalue weighted by Crippen LogP contribution is 2.29. The number of carbonyl (C=O) groups is 1. The molecule has 1 heterocycles. The van der Waals surface area contributed by atoms with Gasteiger partial charge >= 0.3 is 5.97 Å². The molecule has 2 aromatic carbocycles. The van der Waals surface area contributed by atoms with Crippen molar-refractivity contribution < 1.29 is 14.6 Å². The summed E-state index contributed by atoms with van der Waals surface area (Å²) in [4.78, 5) is 11.0. The summed E-state index contributed by atoms with van der Waals surface area (Å²) in [5.74, 6) is -0.259. The van der Waals surface area contributed by atoms with Gasteiger partial charge in [0.1, 0.15) is 12.4 Å². The fraction of sp³-hybridized carbons (Fsp3) is 0.0667. The van der Waals surface area contributed by atoms with Crippen molar-refractivity contribution in [2.75, 3.05) is 0 Å². The number of benzene rings is 2. The van der Waals surface area contributed by atoms with Crippen molar-refractivity contribution in [3.8, 4) is 5.75 Å². The third-order valence-corrected chi connectivity index (χ3v) is 3.51. The fourth-order valence-corrected chi connectivity index (χ4v) is 2.50. The molecule has 3 aromatic rings. The van der Waals surface area contributed by atoms with Crippen LogP contribution in [0.2, 0.25) is 0 Å². The lowest BCUT2D eigenvalue weighted by atomic mass is 10.1. The molecule has 3 rings (SSSR count). The Hall–Kier alpha value is -2.34. The van der Waals surface area contributed by atoms with Gasteiger partial charge in [-0.3, -0.25) is 5.10 Å². The van der Waals surface area contributed by atoms with Crippen LogP contribution in [0, 0.1) is 0 Å². The summed E-state index contributed by atoms with van der Waals surface area (Å²) in [6.07, 6.45) is 1.70. The number of aromatic amines is 1. The molecule has 0 saturated carbocycles. The van der Waals surface area contributed by atoms with Crippen LogP contribution in [0.15, 0.2) is 47.1 Å². The molecule has 106 valence electrons. The van der Waals surface area contributed by atoms with Crippen molar-refractivity contribution in [1.82, 2.24) is 10.2 Å². The van der Waals surface area contributed by atoms with Crippen LogP contribution in [0.3, 0.4) is 0 Å². The third-order valence-electron chi connectivity index (χ3n) is 3.05. The van der Waals surface area contributed by atoms with Crippen molar-refractivity contribution in [3.63, 3.8) is 0 Å². The second-order valence-corrected chi connectivity index (χ2v) is 5.45. The maximum Gasteiger partial charge on any atom is 0.335 e. The summed E-state index contributed by atoms with van der Waals surface area (Å²) in [6, 6.07) is 10.5. The lowest BCUT2D eigenvalue weighted by molar-refractivity contribution is 0.0696. The Bertz CT molecular complexity index is 814. The van der Waals surface area contributed by atoms with Crippen molar-refractivity contribution in [3.05, 3.63) is 58.2 Å². The number of nitrogens with one attached hydrogen (secondary N) is 1. The van der Waals surface area contributed by atoms with Crippen LogP contribution in [0.25, 0.3) is 10.9 Å². The van der Waals surface area contributed by atoms with Gasteiger partial charge < -0.3 is 9.84 Å². The van der Waals surface area contributed by atoms with Crippen LogP contribution in [-0.2, 0) is 6.61 Å². The number of H-pyrrole nitrogens is 1. The smallest absolute Gasteiger partial charge is 0.335 e. The lowest BCUT2D eigenvalue weighted by Crippen LogP contribution is -2.00. The average molecular weight is 347 g/mol. The predicted octanol–water partition coefficient (Wildman–Crippen LogP) is 3.60. The summed E-state index contributed by atoms with van der Waals surface area (Å²) in [5.41, 5.74) is 1.92. The molecule has 0 atom stereocenters. The van der Waals surface area contributed by atoms with Crippen molar-refractivity contribution in [1.29, 1.82) is 0 Å². The first-order chi connectivity index (χ1) is 10.1. The molecule has 2 N–H and O–H groups in total. The van der Waals surface area contributed by atoms with Crippen LogP contribution in [0.4, 0.5) is 0 Å². The Morgan fingerprint density at radius 2 is 2.19 bits per heavy atom. The summed E-state index contributed by atoms with van der Waals surface area (Å²) in [7, 11) is 0. The highest BCUT2D eigenvalue weighted by molar-refractivity contribution is 9.10. The van der Waals surface area contributed by atoms with Crippen molar-refractivity contribution >= 4 is 32.8 Å². The molecule has 5 nitrogen and oxygen atoms in total. The first-order valence-electron chi connectivity index (χ1n) is 6.21.